The van der Waals surface area contributed by atoms with Crippen molar-refractivity contribution in [3.8, 4) is 11.6 Å². The lowest BCUT2D eigenvalue weighted by Gasteiger charge is -2.10. The van der Waals surface area contributed by atoms with Crippen LogP contribution < -0.4 is 4.74 Å². The number of alkyl halides is 3. The van der Waals surface area contributed by atoms with Crippen molar-refractivity contribution in [2.45, 2.75) is 13.1 Å². The zero-order chi connectivity index (χ0) is 14.0. The van der Waals surface area contributed by atoms with E-state index in [0.29, 0.717) is 5.56 Å². The first-order valence-electron chi connectivity index (χ1n) is 5.20. The summed E-state index contributed by atoms with van der Waals surface area (Å²) in [6, 6.07) is 4.53. The van der Waals surface area contributed by atoms with Crippen LogP contribution in [0.5, 0.6) is 11.6 Å². The molecular weight excluding hydrogens is 281 g/mol. The highest BCUT2D eigenvalue weighted by Gasteiger charge is 2.30. The van der Waals surface area contributed by atoms with Crippen LogP contribution in [0.2, 0.25) is 5.28 Å². The number of halogens is 4. The third-order valence-electron chi connectivity index (χ3n) is 2.27. The molecule has 100 valence electrons. The van der Waals surface area contributed by atoms with Crippen LogP contribution in [0, 0.1) is 6.92 Å². The molecule has 0 N–H and O–H groups in total. The summed E-state index contributed by atoms with van der Waals surface area (Å²) in [5, 5.41) is -0.0347. The molecule has 3 nitrogen and oxygen atoms in total. The summed E-state index contributed by atoms with van der Waals surface area (Å²) in [5.41, 5.74) is -0.218. The highest BCUT2D eigenvalue weighted by Crippen LogP contribution is 2.32. The smallest absolute Gasteiger partial charge is 0.416 e. The van der Waals surface area contributed by atoms with Gasteiger partial charge in [-0.15, -0.1) is 0 Å². The van der Waals surface area contributed by atoms with E-state index in [1.54, 1.807) is 6.92 Å². The predicted octanol–water partition coefficient (Wildman–Crippen LogP) is 4.25. The molecule has 0 unspecified atom stereocenters. The number of hydrogen-bond acceptors (Lipinski definition) is 3. The van der Waals surface area contributed by atoms with Crippen LogP contribution in [0.25, 0.3) is 0 Å². The van der Waals surface area contributed by atoms with Gasteiger partial charge in [0.05, 0.1) is 5.56 Å². The monoisotopic (exact) mass is 288 g/mol. The van der Waals surface area contributed by atoms with E-state index in [0.717, 1.165) is 12.1 Å². The molecule has 0 spiro atoms. The molecule has 0 bridgehead atoms. The van der Waals surface area contributed by atoms with Crippen molar-refractivity contribution in [2.75, 3.05) is 0 Å². The molecule has 0 aliphatic rings. The summed E-state index contributed by atoms with van der Waals surface area (Å²) >= 11 is 5.60. The van der Waals surface area contributed by atoms with E-state index < -0.39 is 11.7 Å². The van der Waals surface area contributed by atoms with Gasteiger partial charge >= 0.3 is 6.18 Å². The van der Waals surface area contributed by atoms with Crippen LogP contribution in [0.15, 0.2) is 30.5 Å². The summed E-state index contributed by atoms with van der Waals surface area (Å²) in [5.74, 6) is 0.159. The number of benzene rings is 1. The summed E-state index contributed by atoms with van der Waals surface area (Å²) in [6.07, 6.45) is -2.99. The van der Waals surface area contributed by atoms with Crippen molar-refractivity contribution in [1.29, 1.82) is 0 Å². The van der Waals surface area contributed by atoms with Gasteiger partial charge in [0.1, 0.15) is 5.75 Å². The Bertz CT molecular complexity index is 602. The van der Waals surface area contributed by atoms with E-state index in [1.807, 2.05) is 0 Å². The molecule has 2 aromatic rings. The second kappa shape index (κ2) is 5.05. The Morgan fingerprint density at radius 2 is 2.00 bits per heavy atom. The first-order valence-corrected chi connectivity index (χ1v) is 5.58. The second-order valence-electron chi connectivity index (χ2n) is 3.75. The molecule has 1 aromatic heterocycles. The number of aromatic nitrogens is 2. The van der Waals surface area contributed by atoms with E-state index in [9.17, 15) is 13.2 Å². The predicted molar refractivity (Wildman–Crippen MR) is 63.3 cm³/mol. The molecule has 0 saturated carbocycles. The maximum atomic E-state index is 12.5. The largest absolute Gasteiger partial charge is 0.439 e. The van der Waals surface area contributed by atoms with Crippen molar-refractivity contribution in [2.24, 2.45) is 0 Å². The van der Waals surface area contributed by atoms with Gasteiger partial charge < -0.3 is 4.74 Å². The molecule has 2 rings (SSSR count). The van der Waals surface area contributed by atoms with Gasteiger partial charge in [-0.1, -0.05) is 6.07 Å². The third kappa shape index (κ3) is 3.35. The number of hydrogen-bond donors (Lipinski definition) is 0. The molecule has 1 aromatic carbocycles. The quantitative estimate of drug-likeness (QED) is 0.775. The minimum absolute atomic E-state index is 0.0347. The standard InChI is InChI=1S/C12H8ClF3N2O/c1-7-6-17-11(13)18-10(7)19-9-4-2-3-8(5-9)12(14,15)16/h2-6H,1H3. The van der Waals surface area contributed by atoms with E-state index in [2.05, 4.69) is 9.97 Å². The Morgan fingerprint density at radius 3 is 2.68 bits per heavy atom. The normalized spacial score (nSPS) is 11.4. The Morgan fingerprint density at radius 1 is 1.26 bits per heavy atom. The van der Waals surface area contributed by atoms with E-state index in [1.165, 1.54) is 18.3 Å². The third-order valence-corrected chi connectivity index (χ3v) is 2.45. The summed E-state index contributed by atoms with van der Waals surface area (Å²) in [4.78, 5) is 7.54. The van der Waals surface area contributed by atoms with Gasteiger partial charge in [0.2, 0.25) is 11.2 Å². The van der Waals surface area contributed by atoms with Crippen LogP contribution in [0.4, 0.5) is 13.2 Å². The fraction of sp³-hybridized carbons (Fsp3) is 0.167. The maximum absolute atomic E-state index is 12.5. The lowest BCUT2D eigenvalue weighted by molar-refractivity contribution is -0.137. The van der Waals surface area contributed by atoms with Gasteiger partial charge in [-0.2, -0.15) is 18.2 Å². The molecule has 0 aliphatic carbocycles. The van der Waals surface area contributed by atoms with Gasteiger partial charge in [0, 0.05) is 11.8 Å². The van der Waals surface area contributed by atoms with Crippen molar-refractivity contribution < 1.29 is 17.9 Å². The summed E-state index contributed by atoms with van der Waals surface area (Å²) < 4.78 is 42.9. The van der Waals surface area contributed by atoms with Gasteiger partial charge in [-0.25, -0.2) is 4.98 Å². The van der Waals surface area contributed by atoms with E-state index in [-0.39, 0.29) is 16.9 Å². The first-order chi connectivity index (χ1) is 8.86. The highest BCUT2D eigenvalue weighted by atomic mass is 35.5. The average molecular weight is 289 g/mol. The minimum Gasteiger partial charge on any atom is -0.439 e. The lowest BCUT2D eigenvalue weighted by atomic mass is 10.2. The van der Waals surface area contributed by atoms with E-state index >= 15 is 0 Å². The van der Waals surface area contributed by atoms with Crippen LogP contribution in [0.1, 0.15) is 11.1 Å². The Balaban J connectivity index is 2.31. The zero-order valence-electron chi connectivity index (χ0n) is 9.70. The number of aryl methyl sites for hydroxylation is 1. The Kier molecular flexibility index (Phi) is 3.61. The Hall–Kier alpha value is -1.82. The molecule has 0 saturated heterocycles. The number of ether oxygens (including phenoxy) is 1. The molecule has 0 amide bonds. The van der Waals surface area contributed by atoms with Crippen molar-refractivity contribution in [3.05, 3.63) is 46.9 Å². The van der Waals surface area contributed by atoms with Crippen LogP contribution in [-0.2, 0) is 6.18 Å². The molecule has 0 atom stereocenters. The maximum Gasteiger partial charge on any atom is 0.416 e. The van der Waals surface area contributed by atoms with Crippen LogP contribution in [0.3, 0.4) is 0 Å². The molecule has 19 heavy (non-hydrogen) atoms. The highest BCUT2D eigenvalue weighted by molar-refractivity contribution is 6.28. The SMILES string of the molecule is Cc1cnc(Cl)nc1Oc1cccc(C(F)(F)F)c1. The van der Waals surface area contributed by atoms with Gasteiger partial charge in [-0.3, -0.25) is 0 Å². The molecule has 0 radical (unpaired) electrons. The first kappa shape index (κ1) is 13.6. The molecular formula is C12H8ClF3N2O. The average Bonchev–Trinajstić information content (AvgIpc) is 2.33. The molecule has 1 heterocycles. The summed E-state index contributed by atoms with van der Waals surface area (Å²) in [7, 11) is 0. The molecule has 0 aliphatic heterocycles. The Labute approximate surface area is 112 Å². The van der Waals surface area contributed by atoms with Crippen molar-refractivity contribution >= 4 is 11.6 Å². The second-order valence-corrected chi connectivity index (χ2v) is 4.09. The fourth-order valence-corrected chi connectivity index (χ4v) is 1.48. The van der Waals surface area contributed by atoms with Crippen LogP contribution in [-0.4, -0.2) is 9.97 Å². The van der Waals surface area contributed by atoms with Gasteiger partial charge in [0.15, 0.2) is 0 Å². The zero-order valence-corrected chi connectivity index (χ0v) is 10.5. The molecule has 7 heteroatoms. The van der Waals surface area contributed by atoms with Gasteiger partial charge in [-0.05, 0) is 36.7 Å². The van der Waals surface area contributed by atoms with Gasteiger partial charge in [0.25, 0.3) is 0 Å². The topological polar surface area (TPSA) is 35.0 Å². The van der Waals surface area contributed by atoms with E-state index in [4.69, 9.17) is 16.3 Å². The fourth-order valence-electron chi connectivity index (χ4n) is 1.36. The summed E-state index contributed by atoms with van der Waals surface area (Å²) in [6.45, 7) is 1.67. The number of rotatable bonds is 2. The molecule has 0 fully saturated rings. The van der Waals surface area contributed by atoms with Crippen molar-refractivity contribution in [1.82, 2.24) is 9.97 Å². The minimum atomic E-state index is -4.42. The number of nitrogens with zero attached hydrogens (tertiary/aromatic N) is 2. The lowest BCUT2D eigenvalue weighted by Crippen LogP contribution is -2.04. The van der Waals surface area contributed by atoms with Crippen molar-refractivity contribution in [3.63, 3.8) is 0 Å². The van der Waals surface area contributed by atoms with Crippen LogP contribution >= 0.6 is 11.6 Å².